The van der Waals surface area contributed by atoms with Crippen molar-refractivity contribution in [2.24, 2.45) is 9.98 Å². The summed E-state index contributed by atoms with van der Waals surface area (Å²) in [5.41, 5.74) is 3.15. The summed E-state index contributed by atoms with van der Waals surface area (Å²) in [6.07, 6.45) is 0. The Balaban J connectivity index is 0.00000253. The zero-order valence-electron chi connectivity index (χ0n) is 21.0. The van der Waals surface area contributed by atoms with E-state index in [2.05, 4.69) is 31.3 Å². The number of amidine groups is 2. The monoisotopic (exact) mass is 564 g/mol. The van der Waals surface area contributed by atoms with Crippen LogP contribution in [0.1, 0.15) is 31.8 Å². The lowest BCUT2D eigenvalue weighted by Gasteiger charge is -2.09. The second-order valence-corrected chi connectivity index (χ2v) is 8.21. The molecular formula is C26H34Cl2N6O4. The number of halogens is 2. The van der Waals surface area contributed by atoms with E-state index in [9.17, 15) is 9.59 Å². The van der Waals surface area contributed by atoms with Gasteiger partial charge in [-0.2, -0.15) is 0 Å². The van der Waals surface area contributed by atoms with Crippen LogP contribution in [0, 0.1) is 0 Å². The lowest BCUT2D eigenvalue weighted by molar-refractivity contribution is 0.0486. The van der Waals surface area contributed by atoms with E-state index >= 15 is 0 Å². The van der Waals surface area contributed by atoms with Crippen LogP contribution in [0.4, 0.5) is 0 Å². The Morgan fingerprint density at radius 3 is 1.39 bits per heavy atom. The maximum absolute atomic E-state index is 12.2. The van der Waals surface area contributed by atoms with E-state index in [1.165, 1.54) is 0 Å². The Morgan fingerprint density at radius 1 is 0.658 bits per heavy atom. The number of amides is 2. The molecule has 12 heteroatoms. The third-order valence-corrected chi connectivity index (χ3v) is 5.63. The minimum atomic E-state index is -0.142. The van der Waals surface area contributed by atoms with Gasteiger partial charge in [0.2, 0.25) is 0 Å². The van der Waals surface area contributed by atoms with Crippen LogP contribution >= 0.6 is 24.8 Å². The molecule has 0 spiro atoms. The SMILES string of the molecule is Cl.Cl.O=C(NCCOCCOCCNC(=O)c1ccc(C2=NCCN2)cc1)c1ccc(C2=NCCN2)cc1. The van der Waals surface area contributed by atoms with Crippen LogP contribution < -0.4 is 21.3 Å². The van der Waals surface area contributed by atoms with E-state index in [1.807, 2.05) is 24.3 Å². The summed E-state index contributed by atoms with van der Waals surface area (Å²) in [5.74, 6) is 1.46. The van der Waals surface area contributed by atoms with Crippen LogP contribution in [-0.4, -0.2) is 89.2 Å². The first-order valence-electron chi connectivity index (χ1n) is 12.2. The highest BCUT2D eigenvalue weighted by Crippen LogP contribution is 2.08. The predicted molar refractivity (Wildman–Crippen MR) is 152 cm³/mol. The number of hydrogen-bond acceptors (Lipinski definition) is 8. The molecule has 206 valence electrons. The van der Waals surface area contributed by atoms with Gasteiger partial charge in [0.25, 0.3) is 11.8 Å². The fourth-order valence-corrected chi connectivity index (χ4v) is 3.74. The number of nitrogens with one attached hydrogen (secondary N) is 4. The van der Waals surface area contributed by atoms with Crippen LogP contribution in [0.3, 0.4) is 0 Å². The second-order valence-electron chi connectivity index (χ2n) is 8.21. The minimum absolute atomic E-state index is 0. The summed E-state index contributed by atoms with van der Waals surface area (Å²) in [6, 6.07) is 14.7. The summed E-state index contributed by atoms with van der Waals surface area (Å²) in [6.45, 7) is 5.69. The van der Waals surface area contributed by atoms with E-state index in [0.29, 0.717) is 50.6 Å². The van der Waals surface area contributed by atoms with Crippen LogP contribution in [0.15, 0.2) is 58.5 Å². The first-order chi connectivity index (χ1) is 17.7. The van der Waals surface area contributed by atoms with Gasteiger partial charge in [0.05, 0.1) is 39.5 Å². The predicted octanol–water partition coefficient (Wildman–Crippen LogP) is 1.42. The van der Waals surface area contributed by atoms with Crippen LogP contribution in [-0.2, 0) is 9.47 Å². The van der Waals surface area contributed by atoms with Crippen molar-refractivity contribution < 1.29 is 19.1 Å². The lowest BCUT2D eigenvalue weighted by atomic mass is 10.1. The third-order valence-electron chi connectivity index (χ3n) is 5.63. The van der Waals surface area contributed by atoms with Gasteiger partial charge in [-0.05, 0) is 24.3 Å². The Bertz CT molecular complexity index is 1010. The topological polar surface area (TPSA) is 125 Å². The van der Waals surface area contributed by atoms with E-state index in [4.69, 9.17) is 9.47 Å². The molecule has 0 aliphatic carbocycles. The Kier molecular flexibility index (Phi) is 13.6. The van der Waals surface area contributed by atoms with Gasteiger partial charge in [0, 0.05) is 48.4 Å². The van der Waals surface area contributed by atoms with Crippen molar-refractivity contribution in [3.8, 4) is 0 Å². The average molecular weight is 566 g/mol. The van der Waals surface area contributed by atoms with E-state index in [1.54, 1.807) is 24.3 Å². The molecule has 2 aromatic rings. The number of nitrogens with zero attached hydrogens (tertiary/aromatic N) is 2. The van der Waals surface area contributed by atoms with Crippen molar-refractivity contribution in [3.05, 3.63) is 70.8 Å². The van der Waals surface area contributed by atoms with Gasteiger partial charge in [-0.25, -0.2) is 0 Å². The molecule has 38 heavy (non-hydrogen) atoms. The quantitative estimate of drug-likeness (QED) is 0.273. The molecule has 4 rings (SSSR count). The van der Waals surface area contributed by atoms with Gasteiger partial charge in [-0.1, -0.05) is 24.3 Å². The molecule has 0 radical (unpaired) electrons. The molecule has 10 nitrogen and oxygen atoms in total. The number of hydrogen-bond donors (Lipinski definition) is 4. The van der Waals surface area contributed by atoms with E-state index in [0.717, 1.165) is 49.0 Å². The zero-order chi connectivity index (χ0) is 25.0. The normalized spacial score (nSPS) is 13.7. The largest absolute Gasteiger partial charge is 0.377 e. The highest BCUT2D eigenvalue weighted by Gasteiger charge is 2.11. The summed E-state index contributed by atoms with van der Waals surface area (Å²) in [7, 11) is 0. The number of ether oxygens (including phenoxy) is 2. The second kappa shape index (κ2) is 16.6. The van der Waals surface area contributed by atoms with Crippen LogP contribution in [0.25, 0.3) is 0 Å². The number of carbonyl (C=O) groups is 2. The molecular weight excluding hydrogens is 531 g/mol. The summed E-state index contributed by atoms with van der Waals surface area (Å²) in [5, 5.41) is 12.1. The number of rotatable bonds is 13. The summed E-state index contributed by atoms with van der Waals surface area (Å²) >= 11 is 0. The smallest absolute Gasteiger partial charge is 0.251 e. The Morgan fingerprint density at radius 2 is 1.05 bits per heavy atom. The van der Waals surface area contributed by atoms with Gasteiger partial charge in [0.15, 0.2) is 0 Å². The van der Waals surface area contributed by atoms with Gasteiger partial charge >= 0.3 is 0 Å². The maximum atomic E-state index is 12.2. The standard InChI is InChI=1S/C26H32N6O4.2ClH/c33-25(21-5-1-19(2-6-21)23-27-9-10-28-23)31-13-15-35-17-18-36-16-14-32-26(34)22-7-3-20(4-8-22)24-29-11-12-30-24;;/h1-8H,9-18H2,(H,27,28)(H,29,30)(H,31,33)(H,32,34);2*1H. The van der Waals surface area contributed by atoms with Crippen molar-refractivity contribution >= 4 is 48.3 Å². The number of benzene rings is 2. The molecule has 0 aromatic heterocycles. The van der Waals surface area contributed by atoms with E-state index in [-0.39, 0.29) is 36.6 Å². The molecule has 0 atom stereocenters. The molecule has 2 heterocycles. The first-order valence-corrected chi connectivity index (χ1v) is 12.2. The third kappa shape index (κ3) is 9.29. The van der Waals surface area contributed by atoms with Crippen molar-refractivity contribution in [1.29, 1.82) is 0 Å². The highest BCUT2D eigenvalue weighted by atomic mass is 35.5. The van der Waals surface area contributed by atoms with Gasteiger partial charge in [-0.15, -0.1) is 24.8 Å². The number of aliphatic imine (C=N–C) groups is 2. The number of carbonyl (C=O) groups excluding carboxylic acids is 2. The highest BCUT2D eigenvalue weighted by molar-refractivity contribution is 6.02. The molecule has 2 aliphatic heterocycles. The minimum Gasteiger partial charge on any atom is -0.377 e. The van der Waals surface area contributed by atoms with Gasteiger partial charge in [0.1, 0.15) is 11.7 Å². The van der Waals surface area contributed by atoms with Crippen molar-refractivity contribution in [1.82, 2.24) is 21.3 Å². The molecule has 0 unspecified atom stereocenters. The Hall–Kier alpha value is -3.18. The molecule has 2 aromatic carbocycles. The lowest BCUT2D eigenvalue weighted by Crippen LogP contribution is -2.28. The van der Waals surface area contributed by atoms with Crippen molar-refractivity contribution in [2.75, 3.05) is 65.7 Å². The molecule has 0 bridgehead atoms. The zero-order valence-corrected chi connectivity index (χ0v) is 22.7. The van der Waals surface area contributed by atoms with Gasteiger partial charge < -0.3 is 30.7 Å². The van der Waals surface area contributed by atoms with Gasteiger partial charge in [-0.3, -0.25) is 19.6 Å². The van der Waals surface area contributed by atoms with Crippen LogP contribution in [0.5, 0.6) is 0 Å². The van der Waals surface area contributed by atoms with E-state index < -0.39 is 0 Å². The molecule has 2 aliphatic rings. The molecule has 4 N–H and O–H groups in total. The van der Waals surface area contributed by atoms with Crippen molar-refractivity contribution in [2.45, 2.75) is 0 Å². The van der Waals surface area contributed by atoms with Crippen LogP contribution in [0.2, 0.25) is 0 Å². The average Bonchev–Trinajstić information content (AvgIpc) is 3.65. The summed E-state index contributed by atoms with van der Waals surface area (Å²) in [4.78, 5) is 33.2. The maximum Gasteiger partial charge on any atom is 0.251 e. The van der Waals surface area contributed by atoms with Crippen molar-refractivity contribution in [3.63, 3.8) is 0 Å². The molecule has 0 saturated carbocycles. The fraction of sp³-hybridized carbons (Fsp3) is 0.385. The summed E-state index contributed by atoms with van der Waals surface area (Å²) < 4.78 is 11.0. The molecule has 0 saturated heterocycles. The fourth-order valence-electron chi connectivity index (χ4n) is 3.74. The Labute approximate surface area is 234 Å². The molecule has 0 fully saturated rings. The first kappa shape index (κ1) is 31.0. The molecule has 2 amide bonds.